The Morgan fingerprint density at radius 3 is 2.27 bits per heavy atom. The number of sulfonamides is 1. The smallest absolute Gasteiger partial charge is 0.285 e. The summed E-state index contributed by atoms with van der Waals surface area (Å²) >= 11 is 0. The van der Waals surface area contributed by atoms with Crippen LogP contribution in [0.4, 0.5) is 5.69 Å². The number of benzene rings is 2. The van der Waals surface area contributed by atoms with Gasteiger partial charge in [0.05, 0.1) is 0 Å². The van der Waals surface area contributed by atoms with Gasteiger partial charge in [0.2, 0.25) is 5.91 Å². The number of nitrogens with one attached hydrogen (secondary N) is 1. The summed E-state index contributed by atoms with van der Waals surface area (Å²) in [6.45, 7) is 9.20. The molecule has 2 aromatic rings. The van der Waals surface area contributed by atoms with Crippen LogP contribution in [0.3, 0.4) is 0 Å². The molecule has 0 aromatic heterocycles. The van der Waals surface area contributed by atoms with Gasteiger partial charge >= 0.3 is 0 Å². The zero-order valence-corrected chi connectivity index (χ0v) is 20.4. The van der Waals surface area contributed by atoms with Crippen molar-refractivity contribution in [1.82, 2.24) is 4.90 Å². The van der Waals surface area contributed by atoms with E-state index in [2.05, 4.69) is 23.6 Å². The van der Waals surface area contributed by atoms with Crippen LogP contribution in [0.25, 0.3) is 4.91 Å². The van der Waals surface area contributed by atoms with Gasteiger partial charge in [-0.3, -0.25) is 4.79 Å². The van der Waals surface area contributed by atoms with E-state index < -0.39 is 10.0 Å². The number of amides is 1. The molecule has 7 heteroatoms. The van der Waals surface area contributed by atoms with Crippen LogP contribution in [0.15, 0.2) is 58.5 Å². The van der Waals surface area contributed by atoms with Crippen LogP contribution in [-0.4, -0.2) is 38.2 Å². The number of amidine groups is 1. The molecule has 2 aliphatic heterocycles. The number of likely N-dealkylation sites (tertiary alicyclic amines) is 1. The number of nitrogens with zero attached hydrogens (tertiary/aromatic N) is 2. The zero-order chi connectivity index (χ0) is 23.8. The Labute approximate surface area is 196 Å². The lowest BCUT2D eigenvalue weighted by Crippen LogP contribution is -2.41. The average molecular weight is 466 g/mol. The summed E-state index contributed by atoms with van der Waals surface area (Å²) in [4.78, 5) is 15.0. The lowest BCUT2D eigenvalue weighted by molar-refractivity contribution is -0.121. The topological polar surface area (TPSA) is 78.8 Å². The van der Waals surface area contributed by atoms with Gasteiger partial charge in [-0.1, -0.05) is 56.3 Å². The molecule has 1 amide bonds. The van der Waals surface area contributed by atoms with Crippen LogP contribution in [0, 0.1) is 12.8 Å². The van der Waals surface area contributed by atoms with Crippen molar-refractivity contribution < 1.29 is 13.2 Å². The summed E-state index contributed by atoms with van der Waals surface area (Å²) in [5, 5.41) is 3.03. The summed E-state index contributed by atoms with van der Waals surface area (Å²) in [6.07, 6.45) is 1.31. The molecule has 174 valence electrons. The monoisotopic (exact) mass is 465 g/mol. The lowest BCUT2D eigenvalue weighted by atomic mass is 9.95. The van der Waals surface area contributed by atoms with Crippen molar-refractivity contribution >= 4 is 32.4 Å². The Balaban J connectivity index is 1.47. The van der Waals surface area contributed by atoms with Gasteiger partial charge in [0.15, 0.2) is 0 Å². The van der Waals surface area contributed by atoms with Crippen molar-refractivity contribution in [2.24, 2.45) is 10.3 Å². The van der Waals surface area contributed by atoms with Crippen molar-refractivity contribution in [3.05, 3.63) is 70.8 Å². The third-order valence-electron chi connectivity index (χ3n) is 6.55. The Hall–Kier alpha value is -2.93. The highest BCUT2D eigenvalue weighted by Gasteiger charge is 2.35. The highest BCUT2D eigenvalue weighted by molar-refractivity contribution is 8.00. The van der Waals surface area contributed by atoms with E-state index in [1.807, 2.05) is 67.3 Å². The van der Waals surface area contributed by atoms with E-state index in [4.69, 9.17) is 0 Å². The molecular formula is C26H31N3O3S. The second kappa shape index (κ2) is 9.14. The van der Waals surface area contributed by atoms with Crippen molar-refractivity contribution in [3.8, 4) is 0 Å². The Bertz CT molecular complexity index is 1220. The fourth-order valence-corrected chi connectivity index (χ4v) is 5.99. The first-order valence-electron chi connectivity index (χ1n) is 11.5. The summed E-state index contributed by atoms with van der Waals surface area (Å²) in [6, 6.07) is 15.4. The Kier molecular flexibility index (Phi) is 6.43. The van der Waals surface area contributed by atoms with E-state index in [0.29, 0.717) is 48.8 Å². The number of anilines is 1. The third-order valence-corrected chi connectivity index (χ3v) is 8.02. The van der Waals surface area contributed by atoms with Crippen molar-refractivity contribution in [3.63, 3.8) is 0 Å². The van der Waals surface area contributed by atoms with E-state index in [1.165, 1.54) is 5.56 Å². The fraction of sp³-hybridized carbons (Fsp3) is 0.385. The first-order chi connectivity index (χ1) is 15.7. The summed E-state index contributed by atoms with van der Waals surface area (Å²) < 4.78 is 30.0. The summed E-state index contributed by atoms with van der Waals surface area (Å²) in [5.41, 5.74) is 4.38. The van der Waals surface area contributed by atoms with Crippen LogP contribution in [0.1, 0.15) is 56.2 Å². The standard InChI is InChI=1S/C26H31N3O3S/c1-17(2)20-9-11-21(12-10-20)24-19(4)25(28-33(24,31)32)29-15-13-22(14-16-29)26(30)27-23-8-6-5-7-18(23)3/h5-12,17,22H,13-16H2,1-4H3,(H,27,30). The minimum Gasteiger partial charge on any atom is -0.356 e. The van der Waals surface area contributed by atoms with Gasteiger partial charge < -0.3 is 10.2 Å². The molecule has 2 aliphatic rings. The molecule has 0 atom stereocenters. The molecule has 6 nitrogen and oxygen atoms in total. The third kappa shape index (κ3) is 4.74. The van der Waals surface area contributed by atoms with Gasteiger partial charge in [0, 0.05) is 30.3 Å². The van der Waals surface area contributed by atoms with E-state index in [1.54, 1.807) is 0 Å². The minimum absolute atomic E-state index is 0.0168. The average Bonchev–Trinajstić information content (AvgIpc) is 3.04. The number of hydrogen-bond acceptors (Lipinski definition) is 4. The van der Waals surface area contributed by atoms with Crippen LogP contribution in [0.5, 0.6) is 0 Å². The molecule has 1 fully saturated rings. The molecular weight excluding hydrogens is 434 g/mol. The van der Waals surface area contributed by atoms with E-state index >= 15 is 0 Å². The Morgan fingerprint density at radius 1 is 1.03 bits per heavy atom. The molecule has 4 rings (SSSR count). The van der Waals surface area contributed by atoms with Crippen LogP contribution in [0.2, 0.25) is 0 Å². The van der Waals surface area contributed by atoms with E-state index in [9.17, 15) is 13.2 Å². The zero-order valence-electron chi connectivity index (χ0n) is 19.6. The highest BCUT2D eigenvalue weighted by atomic mass is 32.2. The fourth-order valence-electron chi connectivity index (χ4n) is 4.50. The van der Waals surface area contributed by atoms with Gasteiger partial charge in [-0.05, 0) is 55.4 Å². The van der Waals surface area contributed by atoms with Crippen LogP contribution >= 0.6 is 0 Å². The van der Waals surface area contributed by atoms with Gasteiger partial charge in [0.1, 0.15) is 10.7 Å². The molecule has 0 radical (unpaired) electrons. The molecule has 0 spiro atoms. The predicted octanol–water partition coefficient (Wildman–Crippen LogP) is 4.94. The Morgan fingerprint density at radius 2 is 1.67 bits per heavy atom. The van der Waals surface area contributed by atoms with Crippen LogP contribution < -0.4 is 5.32 Å². The second-order valence-electron chi connectivity index (χ2n) is 9.19. The maximum atomic E-state index is 12.9. The SMILES string of the molecule is CC1=C(c2ccc(C(C)C)cc2)S(=O)(=O)N=C1N1CCC(C(=O)Nc2ccccc2C)CC1. The normalized spacial score (nSPS) is 18.6. The maximum Gasteiger partial charge on any atom is 0.285 e. The van der Waals surface area contributed by atoms with Crippen LogP contribution in [-0.2, 0) is 14.8 Å². The quantitative estimate of drug-likeness (QED) is 0.694. The summed E-state index contributed by atoms with van der Waals surface area (Å²) in [5.74, 6) is 0.802. The first kappa shape index (κ1) is 23.2. The van der Waals surface area contributed by atoms with Crippen molar-refractivity contribution in [1.29, 1.82) is 0 Å². The molecule has 1 N–H and O–H groups in total. The van der Waals surface area contributed by atoms with Gasteiger partial charge in [-0.2, -0.15) is 8.42 Å². The minimum atomic E-state index is -3.75. The number of rotatable bonds is 4. The first-order valence-corrected chi connectivity index (χ1v) is 12.9. The molecule has 0 saturated carbocycles. The number of para-hydroxylation sites is 1. The van der Waals surface area contributed by atoms with Crippen molar-refractivity contribution in [2.45, 2.75) is 46.5 Å². The maximum absolute atomic E-state index is 12.9. The molecule has 0 unspecified atom stereocenters. The largest absolute Gasteiger partial charge is 0.356 e. The molecule has 2 heterocycles. The van der Waals surface area contributed by atoms with E-state index in [0.717, 1.165) is 11.3 Å². The number of hydrogen-bond donors (Lipinski definition) is 1. The van der Waals surface area contributed by atoms with Gasteiger partial charge in [-0.15, -0.1) is 4.40 Å². The second-order valence-corrected chi connectivity index (χ2v) is 10.7. The van der Waals surface area contributed by atoms with E-state index in [-0.39, 0.29) is 16.7 Å². The number of aryl methyl sites for hydroxylation is 1. The summed E-state index contributed by atoms with van der Waals surface area (Å²) in [7, 11) is -3.75. The number of carbonyl (C=O) groups excluding carboxylic acids is 1. The molecule has 33 heavy (non-hydrogen) atoms. The highest BCUT2D eigenvalue weighted by Crippen LogP contribution is 2.35. The molecule has 0 bridgehead atoms. The van der Waals surface area contributed by atoms with Crippen molar-refractivity contribution in [2.75, 3.05) is 18.4 Å². The van der Waals surface area contributed by atoms with Gasteiger partial charge in [0.25, 0.3) is 10.0 Å². The molecule has 0 aliphatic carbocycles. The molecule has 1 saturated heterocycles. The van der Waals surface area contributed by atoms with Gasteiger partial charge in [-0.25, -0.2) is 0 Å². The molecule has 2 aromatic carbocycles. The predicted molar refractivity (Wildman–Crippen MR) is 134 cm³/mol. The number of piperidine rings is 1. The lowest BCUT2D eigenvalue weighted by Gasteiger charge is -2.33. The number of carbonyl (C=O) groups is 1.